The van der Waals surface area contributed by atoms with Crippen molar-refractivity contribution in [1.82, 2.24) is 20.2 Å². The van der Waals surface area contributed by atoms with Crippen LogP contribution in [0.1, 0.15) is 81.5 Å². The van der Waals surface area contributed by atoms with Crippen molar-refractivity contribution in [3.63, 3.8) is 0 Å². The van der Waals surface area contributed by atoms with Gasteiger partial charge < -0.3 is 20.7 Å². The number of aromatic nitrogens is 2. The summed E-state index contributed by atoms with van der Waals surface area (Å²) in [6.07, 6.45) is 11.5. The summed E-state index contributed by atoms with van der Waals surface area (Å²) in [5.41, 5.74) is 9.95. The molecule has 48 heavy (non-hydrogen) atoms. The lowest BCUT2D eigenvalue weighted by Gasteiger charge is -2.41. The molecule has 8 heteroatoms. The van der Waals surface area contributed by atoms with Crippen LogP contribution in [0.5, 0.6) is 5.75 Å². The third-order valence-corrected chi connectivity index (χ3v) is 10.6. The van der Waals surface area contributed by atoms with Crippen LogP contribution in [-0.2, 0) is 23.2 Å². The molecule has 3 N–H and O–H groups in total. The number of thiophene rings is 1. The van der Waals surface area contributed by atoms with E-state index in [1.54, 1.807) is 0 Å². The van der Waals surface area contributed by atoms with Gasteiger partial charge in [0, 0.05) is 52.9 Å². The van der Waals surface area contributed by atoms with Crippen LogP contribution in [0.3, 0.4) is 0 Å². The minimum absolute atomic E-state index is 0.118. The molecular weight excluding hydrogens is 615 g/mol. The molecule has 2 aromatic heterocycles. The number of nitrogens with zero attached hydrogens (tertiary/aromatic N) is 3. The first kappa shape index (κ1) is 35.7. The molecule has 0 spiro atoms. The zero-order chi connectivity index (χ0) is 33.9. The van der Waals surface area contributed by atoms with Crippen molar-refractivity contribution in [2.24, 2.45) is 11.7 Å². The fourth-order valence-corrected chi connectivity index (χ4v) is 7.04. The molecule has 7 nitrogen and oxygen atoms in total. The number of amides is 1. The number of nitrogens with one attached hydrogen (secondary N) is 1. The average Bonchev–Trinajstić information content (AvgIpc) is 3.57. The maximum Gasteiger partial charge on any atom is 0.240 e. The molecule has 1 atom stereocenters. The molecule has 1 fully saturated rings. The van der Waals surface area contributed by atoms with Crippen LogP contribution in [0, 0.1) is 5.92 Å². The first-order valence-electron chi connectivity index (χ1n) is 17.7. The highest BCUT2D eigenvalue weighted by Gasteiger charge is 2.34. The van der Waals surface area contributed by atoms with Crippen LogP contribution in [0.4, 0.5) is 0 Å². The first-order valence-corrected chi connectivity index (χ1v) is 18.5. The van der Waals surface area contributed by atoms with Crippen LogP contribution in [0.2, 0.25) is 0 Å². The molecule has 0 saturated carbocycles. The van der Waals surface area contributed by atoms with Crippen molar-refractivity contribution in [2.75, 3.05) is 26.2 Å². The van der Waals surface area contributed by atoms with Gasteiger partial charge in [0.1, 0.15) is 5.75 Å². The number of nitrogens with two attached hydrogens (primary N) is 1. The van der Waals surface area contributed by atoms with Crippen LogP contribution in [-0.4, -0.2) is 53.1 Å². The highest BCUT2D eigenvalue weighted by atomic mass is 32.1. The monoisotopic (exact) mass is 667 g/mol. The van der Waals surface area contributed by atoms with Gasteiger partial charge in [0.05, 0.1) is 12.6 Å². The Morgan fingerprint density at radius 1 is 0.938 bits per heavy atom. The van der Waals surface area contributed by atoms with E-state index in [1.165, 1.54) is 35.4 Å². The van der Waals surface area contributed by atoms with Crippen molar-refractivity contribution in [2.45, 2.75) is 90.6 Å². The second-order valence-corrected chi connectivity index (χ2v) is 15.3. The number of likely N-dealkylation sites (tertiary alicyclic amines) is 1. The maximum absolute atomic E-state index is 13.6. The van der Waals surface area contributed by atoms with Crippen molar-refractivity contribution in [3.05, 3.63) is 88.4 Å². The van der Waals surface area contributed by atoms with Crippen LogP contribution in [0.25, 0.3) is 22.5 Å². The fraction of sp³-hybridized carbons (Fsp3) is 0.475. The van der Waals surface area contributed by atoms with E-state index in [2.05, 4.69) is 91.5 Å². The Kier molecular flexibility index (Phi) is 12.8. The number of hydrogen-bond donors (Lipinski definition) is 2. The molecular formula is C40H53N5O2S. The Hall–Kier alpha value is -3.59. The second kappa shape index (κ2) is 17.2. The Labute approximate surface area is 291 Å². The van der Waals surface area contributed by atoms with Crippen LogP contribution >= 0.6 is 11.3 Å². The van der Waals surface area contributed by atoms with Gasteiger partial charge in [-0.2, -0.15) is 0 Å². The minimum atomic E-state index is -0.298. The average molecular weight is 668 g/mol. The second-order valence-electron chi connectivity index (χ2n) is 14.1. The van der Waals surface area contributed by atoms with Gasteiger partial charge in [-0.3, -0.25) is 4.79 Å². The molecule has 1 aliphatic heterocycles. The number of hydrogen-bond acceptors (Lipinski definition) is 7. The molecule has 0 aliphatic carbocycles. The fourth-order valence-electron chi connectivity index (χ4n) is 6.03. The van der Waals surface area contributed by atoms with E-state index in [-0.39, 0.29) is 17.4 Å². The summed E-state index contributed by atoms with van der Waals surface area (Å²) in [6.45, 7) is 12.6. The standard InChI is InChI=1S/C40H53N5O2S/c1-5-6-7-8-9-22-47-34-16-14-31(15-17-34)33-24-43-38(44-25-33)32-12-10-29(11-13-32)23-36(39(46)45-27-30(28-45)20-21-41)42-26-35-18-19-37(48-35)40(2,3)4/h10-19,24-25,30,36,42H,5-9,20-23,26-28,41H2,1-4H3. The zero-order valence-corrected chi connectivity index (χ0v) is 30.0. The van der Waals surface area contributed by atoms with E-state index in [9.17, 15) is 4.79 Å². The Morgan fingerprint density at radius 2 is 1.62 bits per heavy atom. The predicted molar refractivity (Wildman–Crippen MR) is 198 cm³/mol. The lowest BCUT2D eigenvalue weighted by atomic mass is 9.94. The lowest BCUT2D eigenvalue weighted by molar-refractivity contribution is -0.140. The van der Waals surface area contributed by atoms with Gasteiger partial charge in [-0.25, -0.2) is 9.97 Å². The third kappa shape index (κ3) is 9.97. The van der Waals surface area contributed by atoms with Gasteiger partial charge in [-0.05, 0) is 72.5 Å². The zero-order valence-electron chi connectivity index (χ0n) is 29.2. The summed E-state index contributed by atoms with van der Waals surface area (Å²) in [5.74, 6) is 2.26. The minimum Gasteiger partial charge on any atom is -0.494 e. The van der Waals surface area contributed by atoms with Crippen molar-refractivity contribution in [1.29, 1.82) is 0 Å². The number of carbonyl (C=O) groups is 1. The van der Waals surface area contributed by atoms with Crippen molar-refractivity contribution >= 4 is 17.2 Å². The molecule has 0 bridgehead atoms. The summed E-state index contributed by atoms with van der Waals surface area (Å²) in [7, 11) is 0. The Balaban J connectivity index is 1.18. The molecule has 0 radical (unpaired) electrons. The summed E-state index contributed by atoms with van der Waals surface area (Å²) >= 11 is 1.82. The SMILES string of the molecule is CCCCCCCOc1ccc(-c2cnc(-c3ccc(CC(NCc4ccc(C(C)(C)C)s4)C(=O)N4CC(CCN)C4)cc3)nc2)cc1. The number of benzene rings is 2. The topological polar surface area (TPSA) is 93.4 Å². The molecule has 1 aliphatic rings. The van der Waals surface area contributed by atoms with Crippen LogP contribution < -0.4 is 15.8 Å². The number of carbonyl (C=O) groups excluding carboxylic acids is 1. The van der Waals surface area contributed by atoms with Gasteiger partial charge in [-0.15, -0.1) is 11.3 Å². The Bertz CT molecular complexity index is 1560. The predicted octanol–water partition coefficient (Wildman–Crippen LogP) is 8.03. The van der Waals surface area contributed by atoms with E-state index in [0.717, 1.165) is 60.5 Å². The van der Waals surface area contributed by atoms with E-state index in [1.807, 2.05) is 40.8 Å². The smallest absolute Gasteiger partial charge is 0.240 e. The first-order chi connectivity index (χ1) is 23.2. The number of ether oxygens (including phenoxy) is 1. The highest BCUT2D eigenvalue weighted by molar-refractivity contribution is 7.12. The molecule has 2 aromatic carbocycles. The van der Waals surface area contributed by atoms with Gasteiger partial charge in [0.15, 0.2) is 5.82 Å². The van der Waals surface area contributed by atoms with E-state index >= 15 is 0 Å². The number of rotatable bonds is 17. The molecule has 3 heterocycles. The maximum atomic E-state index is 13.6. The summed E-state index contributed by atoms with van der Waals surface area (Å²) in [6, 6.07) is 20.5. The quantitative estimate of drug-likeness (QED) is 0.111. The van der Waals surface area contributed by atoms with E-state index < -0.39 is 0 Å². The van der Waals surface area contributed by atoms with Crippen molar-refractivity contribution < 1.29 is 9.53 Å². The number of unbranched alkanes of at least 4 members (excludes halogenated alkanes) is 4. The van der Waals surface area contributed by atoms with Gasteiger partial charge in [0.2, 0.25) is 5.91 Å². The van der Waals surface area contributed by atoms with Crippen LogP contribution in [0.15, 0.2) is 73.1 Å². The summed E-state index contributed by atoms with van der Waals surface area (Å²) in [4.78, 5) is 27.5. The van der Waals surface area contributed by atoms with E-state index in [0.29, 0.717) is 31.3 Å². The van der Waals surface area contributed by atoms with E-state index in [4.69, 9.17) is 10.5 Å². The normalized spacial score (nSPS) is 14.1. The Morgan fingerprint density at radius 3 is 2.27 bits per heavy atom. The summed E-state index contributed by atoms with van der Waals surface area (Å²) in [5, 5.41) is 3.60. The molecule has 4 aromatic rings. The van der Waals surface area contributed by atoms with Gasteiger partial charge in [-0.1, -0.05) is 89.8 Å². The lowest BCUT2D eigenvalue weighted by Crippen LogP contribution is -2.57. The molecule has 1 unspecified atom stereocenters. The summed E-state index contributed by atoms with van der Waals surface area (Å²) < 4.78 is 5.92. The van der Waals surface area contributed by atoms with Gasteiger partial charge >= 0.3 is 0 Å². The van der Waals surface area contributed by atoms with Gasteiger partial charge in [0.25, 0.3) is 0 Å². The third-order valence-electron chi connectivity index (χ3n) is 9.07. The van der Waals surface area contributed by atoms with Crippen molar-refractivity contribution in [3.8, 4) is 28.3 Å². The molecule has 1 saturated heterocycles. The highest BCUT2D eigenvalue weighted by Crippen LogP contribution is 2.30. The molecule has 5 rings (SSSR count). The molecule has 256 valence electrons. The largest absolute Gasteiger partial charge is 0.494 e. The molecule has 1 amide bonds.